The summed E-state index contributed by atoms with van der Waals surface area (Å²) in [6.45, 7) is 0. The second kappa shape index (κ2) is 3.76. The van der Waals surface area contributed by atoms with Gasteiger partial charge in [-0.15, -0.1) is 5.10 Å². The van der Waals surface area contributed by atoms with Crippen LogP contribution in [0.3, 0.4) is 0 Å². The molecule has 2 N–H and O–H groups in total. The van der Waals surface area contributed by atoms with Gasteiger partial charge < -0.3 is 5.73 Å². The van der Waals surface area contributed by atoms with Gasteiger partial charge in [0.25, 0.3) is 0 Å². The van der Waals surface area contributed by atoms with Gasteiger partial charge in [0.2, 0.25) is 0 Å². The zero-order valence-corrected chi connectivity index (χ0v) is 11.0. The van der Waals surface area contributed by atoms with E-state index in [1.54, 1.807) is 0 Å². The first-order chi connectivity index (χ1) is 8.72. The van der Waals surface area contributed by atoms with E-state index in [0.29, 0.717) is 22.5 Å². The first kappa shape index (κ1) is 10.9. The lowest BCUT2D eigenvalue weighted by Crippen LogP contribution is -2.48. The van der Waals surface area contributed by atoms with E-state index < -0.39 is 0 Å². The summed E-state index contributed by atoms with van der Waals surface area (Å²) in [5, 5.41) is 4.44. The van der Waals surface area contributed by atoms with Crippen molar-refractivity contribution in [1.82, 2.24) is 9.59 Å². The minimum atomic E-state index is 0.176. The smallest absolute Gasteiger partial charge is 0.189 e. The molecule has 1 aromatic heterocycles. The Kier molecular flexibility index (Phi) is 2.28. The van der Waals surface area contributed by atoms with Gasteiger partial charge >= 0.3 is 0 Å². The third-order valence-electron chi connectivity index (χ3n) is 5.28. The molecule has 4 aliphatic carbocycles. The minimum Gasteiger partial charge on any atom is -0.387 e. The van der Waals surface area contributed by atoms with Gasteiger partial charge in [0, 0.05) is 17.5 Å². The van der Waals surface area contributed by atoms with Crippen LogP contribution in [-0.4, -0.2) is 15.4 Å². The third kappa shape index (κ3) is 1.46. The quantitative estimate of drug-likeness (QED) is 0.832. The molecule has 0 saturated heterocycles. The predicted octanol–water partition coefficient (Wildman–Crippen LogP) is 2.38. The molecule has 4 nitrogen and oxygen atoms in total. The van der Waals surface area contributed by atoms with Crippen LogP contribution < -0.4 is 5.73 Å². The average Bonchev–Trinajstić information content (AvgIpc) is 2.73. The van der Waals surface area contributed by atoms with Crippen LogP contribution in [-0.2, 0) is 0 Å². The van der Waals surface area contributed by atoms with Crippen molar-refractivity contribution >= 4 is 22.3 Å². The first-order valence-electron chi connectivity index (χ1n) is 6.84. The molecule has 18 heavy (non-hydrogen) atoms. The summed E-state index contributed by atoms with van der Waals surface area (Å²) in [6, 6.07) is 0. The summed E-state index contributed by atoms with van der Waals surface area (Å²) in [5.74, 6) is 3.33. The maximum absolute atomic E-state index is 12.6. The summed E-state index contributed by atoms with van der Waals surface area (Å²) in [5.41, 5.74) is 6.25. The zero-order chi connectivity index (χ0) is 12.3. The number of ketones is 1. The van der Waals surface area contributed by atoms with Crippen molar-refractivity contribution < 1.29 is 4.79 Å². The molecule has 4 fully saturated rings. The maximum atomic E-state index is 12.6. The van der Waals surface area contributed by atoms with Crippen molar-refractivity contribution in [3.63, 3.8) is 0 Å². The molecule has 0 radical (unpaired) electrons. The molecule has 4 bridgehead atoms. The van der Waals surface area contributed by atoms with Crippen molar-refractivity contribution in [2.45, 2.75) is 32.1 Å². The second-order valence-corrected chi connectivity index (χ2v) is 7.09. The van der Waals surface area contributed by atoms with Gasteiger partial charge in [0.05, 0.1) is 0 Å². The number of rotatable bonds is 2. The van der Waals surface area contributed by atoms with Crippen LogP contribution in [0.25, 0.3) is 0 Å². The Bertz CT molecular complexity index is 470. The topological polar surface area (TPSA) is 68.9 Å². The number of Topliss-reactive ketones (excluding diaryl/α,β-unsaturated/α-hetero) is 1. The fourth-order valence-electron chi connectivity index (χ4n) is 4.88. The number of aromatic nitrogens is 2. The summed E-state index contributed by atoms with van der Waals surface area (Å²) >= 11 is 1.13. The van der Waals surface area contributed by atoms with Gasteiger partial charge in [-0.2, -0.15) is 0 Å². The molecule has 0 amide bonds. The molecule has 0 spiro atoms. The van der Waals surface area contributed by atoms with Crippen LogP contribution in [0.5, 0.6) is 0 Å². The molecule has 0 aromatic carbocycles. The second-order valence-electron chi connectivity index (χ2n) is 6.31. The summed E-state index contributed by atoms with van der Waals surface area (Å²) in [4.78, 5) is 12.6. The summed E-state index contributed by atoms with van der Waals surface area (Å²) in [7, 11) is 0. The van der Waals surface area contributed by atoms with Gasteiger partial charge in [0.1, 0.15) is 5.00 Å². The molecule has 1 aromatic rings. The predicted molar refractivity (Wildman–Crippen MR) is 69.2 cm³/mol. The van der Waals surface area contributed by atoms with Gasteiger partial charge in [0.15, 0.2) is 11.5 Å². The zero-order valence-electron chi connectivity index (χ0n) is 10.2. The summed E-state index contributed by atoms with van der Waals surface area (Å²) in [6.07, 6.45) is 6.41. The van der Waals surface area contributed by atoms with E-state index in [2.05, 4.69) is 9.59 Å². The van der Waals surface area contributed by atoms with Gasteiger partial charge in [-0.1, -0.05) is 4.49 Å². The van der Waals surface area contributed by atoms with Crippen LogP contribution in [0.4, 0.5) is 5.00 Å². The van der Waals surface area contributed by atoms with Crippen molar-refractivity contribution in [3.8, 4) is 0 Å². The fourth-order valence-corrected chi connectivity index (χ4v) is 5.32. The molecule has 96 valence electrons. The molecule has 1 heterocycles. The van der Waals surface area contributed by atoms with Gasteiger partial charge in [-0.25, -0.2) is 0 Å². The van der Waals surface area contributed by atoms with Crippen molar-refractivity contribution in [1.29, 1.82) is 0 Å². The van der Waals surface area contributed by atoms with Crippen LogP contribution in [0.1, 0.15) is 42.6 Å². The standard InChI is InChI=1S/C13H17N3OS/c14-13-11(15-16-18-13)12(17)10-8-2-6-1-7(4-8)5-9(10)3-6/h6-10H,1-5,14H2. The Morgan fingerprint density at radius 2 is 1.72 bits per heavy atom. The SMILES string of the molecule is Nc1snnc1C(=O)C1C2CC3CC(C2)CC1C3. The molecular weight excluding hydrogens is 246 g/mol. The van der Waals surface area contributed by atoms with E-state index in [-0.39, 0.29) is 11.7 Å². The highest BCUT2D eigenvalue weighted by molar-refractivity contribution is 7.10. The Morgan fingerprint density at radius 1 is 1.11 bits per heavy atom. The normalized spacial score (nSPS) is 41.2. The Balaban J connectivity index is 1.65. The molecule has 4 saturated carbocycles. The van der Waals surface area contributed by atoms with E-state index >= 15 is 0 Å². The largest absolute Gasteiger partial charge is 0.387 e. The summed E-state index contributed by atoms with van der Waals surface area (Å²) < 4.78 is 3.80. The molecule has 0 aliphatic heterocycles. The first-order valence-corrected chi connectivity index (χ1v) is 7.61. The van der Waals surface area contributed by atoms with E-state index in [1.165, 1.54) is 32.1 Å². The minimum absolute atomic E-state index is 0.176. The lowest BCUT2D eigenvalue weighted by Gasteiger charge is -2.53. The monoisotopic (exact) mass is 263 g/mol. The fraction of sp³-hybridized carbons (Fsp3) is 0.769. The number of hydrogen-bond donors (Lipinski definition) is 1. The molecule has 4 aliphatic rings. The number of hydrogen-bond acceptors (Lipinski definition) is 5. The number of nitrogens with zero attached hydrogens (tertiary/aromatic N) is 2. The van der Waals surface area contributed by atoms with Crippen LogP contribution in [0.15, 0.2) is 0 Å². The number of nitrogens with two attached hydrogens (primary N) is 1. The number of nitrogen functional groups attached to an aromatic ring is 1. The van der Waals surface area contributed by atoms with E-state index in [0.717, 1.165) is 23.4 Å². The molecule has 0 atom stereocenters. The van der Waals surface area contributed by atoms with E-state index in [9.17, 15) is 4.79 Å². The van der Waals surface area contributed by atoms with Crippen molar-refractivity contribution in [2.75, 3.05) is 5.73 Å². The van der Waals surface area contributed by atoms with Crippen LogP contribution in [0, 0.1) is 29.6 Å². The highest BCUT2D eigenvalue weighted by Crippen LogP contribution is 2.57. The van der Waals surface area contributed by atoms with Crippen molar-refractivity contribution in [2.24, 2.45) is 29.6 Å². The number of carbonyl (C=O) groups is 1. The van der Waals surface area contributed by atoms with Gasteiger partial charge in [-0.3, -0.25) is 4.79 Å². The molecule has 5 rings (SSSR count). The van der Waals surface area contributed by atoms with E-state index in [4.69, 9.17) is 5.73 Å². The molecular formula is C13H17N3OS. The van der Waals surface area contributed by atoms with Gasteiger partial charge in [-0.05, 0) is 55.8 Å². The number of anilines is 1. The Morgan fingerprint density at radius 3 is 2.22 bits per heavy atom. The Hall–Kier alpha value is -0.970. The number of carbonyl (C=O) groups excluding carboxylic acids is 1. The highest BCUT2D eigenvalue weighted by atomic mass is 32.1. The van der Waals surface area contributed by atoms with Crippen LogP contribution >= 0.6 is 11.5 Å². The van der Waals surface area contributed by atoms with E-state index in [1.807, 2.05) is 0 Å². The molecule has 5 heteroatoms. The maximum Gasteiger partial charge on any atom is 0.189 e. The molecule has 0 unspecified atom stereocenters. The Labute approximate surface area is 110 Å². The average molecular weight is 263 g/mol. The highest BCUT2D eigenvalue weighted by Gasteiger charge is 2.51. The third-order valence-corrected chi connectivity index (χ3v) is 5.83. The lowest BCUT2D eigenvalue weighted by atomic mass is 9.51. The van der Waals surface area contributed by atoms with Crippen LogP contribution in [0.2, 0.25) is 0 Å². The lowest BCUT2D eigenvalue weighted by molar-refractivity contribution is -0.0252. The van der Waals surface area contributed by atoms with Crippen molar-refractivity contribution in [3.05, 3.63) is 5.69 Å².